The van der Waals surface area contributed by atoms with Crippen LogP contribution < -0.4 is 10.6 Å². The highest BCUT2D eigenvalue weighted by Gasteiger charge is 2.02. The normalized spacial score (nSPS) is 11.0. The number of imidazole rings is 1. The van der Waals surface area contributed by atoms with Crippen molar-refractivity contribution in [3.8, 4) is 0 Å². The molecule has 5 nitrogen and oxygen atoms in total. The van der Waals surface area contributed by atoms with Gasteiger partial charge < -0.3 is 15.2 Å². The Kier molecular flexibility index (Phi) is 8.25. The van der Waals surface area contributed by atoms with Crippen LogP contribution in [-0.2, 0) is 19.6 Å². The summed E-state index contributed by atoms with van der Waals surface area (Å²) in [6.45, 7) is 1.96. The third-order valence-corrected chi connectivity index (χ3v) is 3.95. The zero-order valence-electron chi connectivity index (χ0n) is 15.1. The van der Waals surface area contributed by atoms with Gasteiger partial charge in [-0.1, -0.05) is 36.4 Å². The molecule has 0 bridgehead atoms. The zero-order valence-corrected chi connectivity index (χ0v) is 17.4. The fourth-order valence-electron chi connectivity index (χ4n) is 2.67. The molecule has 7 heteroatoms. The van der Waals surface area contributed by atoms with Gasteiger partial charge in [0.25, 0.3) is 0 Å². The maximum atomic E-state index is 13.2. The molecule has 0 spiro atoms. The molecule has 2 aromatic carbocycles. The maximum Gasteiger partial charge on any atom is 0.191 e. The first-order valence-electron chi connectivity index (χ1n) is 8.45. The Morgan fingerprint density at radius 1 is 1.04 bits per heavy atom. The Morgan fingerprint density at radius 2 is 1.70 bits per heavy atom. The summed E-state index contributed by atoms with van der Waals surface area (Å²) in [5.41, 5.74) is 3.25. The first kappa shape index (κ1) is 20.9. The van der Waals surface area contributed by atoms with E-state index in [2.05, 4.69) is 38.8 Å². The van der Waals surface area contributed by atoms with Gasteiger partial charge in [-0.2, -0.15) is 0 Å². The number of nitrogens with zero attached hydrogens (tertiary/aromatic N) is 3. The summed E-state index contributed by atoms with van der Waals surface area (Å²) in [6, 6.07) is 14.9. The van der Waals surface area contributed by atoms with E-state index < -0.39 is 0 Å². The number of benzene rings is 2. The highest BCUT2D eigenvalue weighted by atomic mass is 127. The van der Waals surface area contributed by atoms with E-state index in [1.165, 1.54) is 17.7 Å². The predicted molar refractivity (Wildman–Crippen MR) is 117 cm³/mol. The van der Waals surface area contributed by atoms with Crippen LogP contribution in [-0.4, -0.2) is 22.6 Å². The Balaban J connectivity index is 0.00000261. The number of rotatable bonds is 6. The van der Waals surface area contributed by atoms with E-state index in [4.69, 9.17) is 0 Å². The molecule has 3 aromatic rings. The monoisotopic (exact) mass is 479 g/mol. The van der Waals surface area contributed by atoms with Crippen LogP contribution in [0.1, 0.15) is 16.7 Å². The van der Waals surface area contributed by atoms with Crippen molar-refractivity contribution >= 4 is 29.9 Å². The number of hydrogen-bond acceptors (Lipinski definition) is 2. The lowest BCUT2D eigenvalue weighted by atomic mass is 10.1. The Morgan fingerprint density at radius 3 is 2.33 bits per heavy atom. The van der Waals surface area contributed by atoms with Gasteiger partial charge in [0.1, 0.15) is 5.82 Å². The second kappa shape index (κ2) is 10.7. The third-order valence-electron chi connectivity index (χ3n) is 3.95. The van der Waals surface area contributed by atoms with Crippen molar-refractivity contribution in [3.63, 3.8) is 0 Å². The van der Waals surface area contributed by atoms with Crippen molar-refractivity contribution in [3.05, 3.63) is 89.8 Å². The van der Waals surface area contributed by atoms with Crippen LogP contribution in [0, 0.1) is 5.82 Å². The van der Waals surface area contributed by atoms with Crippen molar-refractivity contribution in [2.75, 3.05) is 7.05 Å². The summed E-state index contributed by atoms with van der Waals surface area (Å²) >= 11 is 0. The predicted octanol–water partition coefficient (Wildman–Crippen LogP) is 3.55. The van der Waals surface area contributed by atoms with Gasteiger partial charge in [-0.15, -0.1) is 24.0 Å². The van der Waals surface area contributed by atoms with Crippen LogP contribution in [0.5, 0.6) is 0 Å². The lowest BCUT2D eigenvalue weighted by molar-refractivity contribution is 0.624. The third kappa shape index (κ3) is 6.67. The van der Waals surface area contributed by atoms with Crippen molar-refractivity contribution < 1.29 is 4.39 Å². The largest absolute Gasteiger partial charge is 0.352 e. The minimum atomic E-state index is -0.234. The molecule has 2 N–H and O–H groups in total. The summed E-state index contributed by atoms with van der Waals surface area (Å²) in [7, 11) is 1.72. The van der Waals surface area contributed by atoms with Crippen LogP contribution in [0.3, 0.4) is 0 Å². The fourth-order valence-corrected chi connectivity index (χ4v) is 2.67. The van der Waals surface area contributed by atoms with E-state index in [1.54, 1.807) is 19.3 Å². The minimum Gasteiger partial charge on any atom is -0.352 e. The summed E-state index contributed by atoms with van der Waals surface area (Å²) in [6.07, 6.45) is 5.53. The minimum absolute atomic E-state index is 0. The van der Waals surface area contributed by atoms with Crippen molar-refractivity contribution in [1.29, 1.82) is 0 Å². The molecular weight excluding hydrogens is 456 g/mol. The van der Waals surface area contributed by atoms with E-state index in [0.29, 0.717) is 19.0 Å². The van der Waals surface area contributed by atoms with E-state index >= 15 is 0 Å². The number of aromatic nitrogens is 2. The zero-order chi connectivity index (χ0) is 18.2. The van der Waals surface area contributed by atoms with Gasteiger partial charge in [-0.3, -0.25) is 4.99 Å². The van der Waals surface area contributed by atoms with Gasteiger partial charge in [-0.25, -0.2) is 9.37 Å². The first-order valence-corrected chi connectivity index (χ1v) is 8.45. The molecule has 0 fully saturated rings. The van der Waals surface area contributed by atoms with Crippen molar-refractivity contribution in [1.82, 2.24) is 20.2 Å². The molecule has 0 aliphatic rings. The number of halogens is 2. The number of nitrogens with one attached hydrogen (secondary N) is 2. The Labute approximate surface area is 175 Å². The van der Waals surface area contributed by atoms with Crippen LogP contribution in [0.15, 0.2) is 72.2 Å². The summed E-state index contributed by atoms with van der Waals surface area (Å²) in [4.78, 5) is 8.28. The Hall–Kier alpha value is -2.42. The molecule has 0 saturated carbocycles. The number of guanidine groups is 1. The van der Waals surface area contributed by atoms with Gasteiger partial charge in [0.05, 0.1) is 6.33 Å². The van der Waals surface area contributed by atoms with Gasteiger partial charge in [-0.05, 0) is 28.8 Å². The topological polar surface area (TPSA) is 54.2 Å². The molecule has 0 aliphatic heterocycles. The van der Waals surface area contributed by atoms with Crippen molar-refractivity contribution in [2.45, 2.75) is 19.6 Å². The average molecular weight is 479 g/mol. The standard InChI is InChI=1S/C20H22FN5.HI/c1-22-20(25-13-17-5-3-7-19(21)11-17)24-12-16-4-2-6-18(10-16)14-26-9-8-23-15-26;/h2-11,15H,12-14H2,1H3,(H2,22,24,25);1H. The number of aliphatic imine (C=N–C) groups is 1. The second-order valence-corrected chi connectivity index (χ2v) is 5.96. The SMILES string of the molecule is CN=C(NCc1cccc(F)c1)NCc1cccc(Cn2ccnc2)c1.I. The molecule has 0 unspecified atom stereocenters. The molecule has 0 saturated heterocycles. The highest BCUT2D eigenvalue weighted by molar-refractivity contribution is 14.0. The fraction of sp³-hybridized carbons (Fsp3) is 0.200. The average Bonchev–Trinajstić information content (AvgIpc) is 3.15. The molecule has 0 atom stereocenters. The van der Waals surface area contributed by atoms with Crippen LogP contribution >= 0.6 is 24.0 Å². The molecule has 0 amide bonds. The van der Waals surface area contributed by atoms with Gasteiger partial charge in [0.2, 0.25) is 0 Å². The quantitative estimate of drug-likeness (QED) is 0.323. The molecule has 0 radical (unpaired) electrons. The van der Waals surface area contributed by atoms with E-state index in [9.17, 15) is 4.39 Å². The highest BCUT2D eigenvalue weighted by Crippen LogP contribution is 2.07. The molecule has 27 heavy (non-hydrogen) atoms. The molecule has 1 aromatic heterocycles. The molecule has 1 heterocycles. The van der Waals surface area contributed by atoms with Crippen LogP contribution in [0.25, 0.3) is 0 Å². The van der Waals surface area contributed by atoms with E-state index in [1.807, 2.05) is 29.2 Å². The van der Waals surface area contributed by atoms with Crippen LogP contribution in [0.4, 0.5) is 4.39 Å². The van der Waals surface area contributed by atoms with Gasteiger partial charge in [0, 0.05) is 39.1 Å². The summed E-state index contributed by atoms with van der Waals surface area (Å²) < 4.78 is 15.3. The lowest BCUT2D eigenvalue weighted by Gasteiger charge is -2.13. The molecule has 3 rings (SSSR count). The van der Waals surface area contributed by atoms with Crippen molar-refractivity contribution in [2.24, 2.45) is 4.99 Å². The molecule has 142 valence electrons. The van der Waals surface area contributed by atoms with Gasteiger partial charge >= 0.3 is 0 Å². The van der Waals surface area contributed by atoms with Crippen LogP contribution in [0.2, 0.25) is 0 Å². The first-order chi connectivity index (χ1) is 12.7. The van der Waals surface area contributed by atoms with E-state index in [-0.39, 0.29) is 29.8 Å². The maximum absolute atomic E-state index is 13.2. The summed E-state index contributed by atoms with van der Waals surface area (Å²) in [5, 5.41) is 6.48. The number of hydrogen-bond donors (Lipinski definition) is 2. The van der Waals surface area contributed by atoms with Gasteiger partial charge in [0.15, 0.2) is 5.96 Å². The summed E-state index contributed by atoms with van der Waals surface area (Å²) in [5.74, 6) is 0.441. The van der Waals surface area contributed by atoms with E-state index in [0.717, 1.165) is 17.7 Å². The second-order valence-electron chi connectivity index (χ2n) is 5.96. The Bertz CT molecular complexity index is 864. The molecular formula is C20H23FIN5. The smallest absolute Gasteiger partial charge is 0.191 e. The molecule has 0 aliphatic carbocycles. The lowest BCUT2D eigenvalue weighted by Crippen LogP contribution is -2.36.